The molecular formula is C22H32N6OS. The summed E-state index contributed by atoms with van der Waals surface area (Å²) in [6, 6.07) is 8.52. The number of hydrogen-bond donors (Lipinski definition) is 2. The van der Waals surface area contributed by atoms with Crippen LogP contribution in [0.1, 0.15) is 46.6 Å². The molecule has 0 bridgehead atoms. The zero-order valence-corrected chi connectivity index (χ0v) is 19.7. The van der Waals surface area contributed by atoms with Crippen molar-refractivity contribution in [1.29, 1.82) is 0 Å². The van der Waals surface area contributed by atoms with Gasteiger partial charge in [0.25, 0.3) is 0 Å². The van der Waals surface area contributed by atoms with Gasteiger partial charge >= 0.3 is 0 Å². The molecule has 0 aliphatic rings. The van der Waals surface area contributed by atoms with E-state index in [1.165, 1.54) is 16.9 Å². The summed E-state index contributed by atoms with van der Waals surface area (Å²) in [7, 11) is 1.88. The van der Waals surface area contributed by atoms with E-state index in [1.807, 2.05) is 23.4 Å². The lowest BCUT2D eigenvalue weighted by atomic mass is 10.1. The van der Waals surface area contributed by atoms with Gasteiger partial charge in [0.15, 0.2) is 5.82 Å². The lowest BCUT2D eigenvalue weighted by molar-refractivity contribution is -0.120. The van der Waals surface area contributed by atoms with Crippen LogP contribution in [0, 0.1) is 6.92 Å². The van der Waals surface area contributed by atoms with Gasteiger partial charge in [-0.1, -0.05) is 48.1 Å². The van der Waals surface area contributed by atoms with E-state index in [0.717, 1.165) is 33.6 Å². The first-order valence-electron chi connectivity index (χ1n) is 10.3. The molecule has 1 amide bonds. The molecule has 0 saturated heterocycles. The Hall–Kier alpha value is -2.61. The van der Waals surface area contributed by atoms with Crippen LogP contribution in [-0.4, -0.2) is 45.7 Å². The standard InChI is InChI=1S/C22H32N6OS/c1-8-15(3)23-17(29)13-27(7)21-26-28-19(25-22(4,5)6)18(24-20(28)30-21)16-11-9-14(2)10-12-16/h9-12,15,25H,8,13H2,1-7H3,(H,23,29)/t15-/m1/s1. The van der Waals surface area contributed by atoms with Crippen LogP contribution in [-0.2, 0) is 4.79 Å². The average molecular weight is 429 g/mol. The lowest BCUT2D eigenvalue weighted by Gasteiger charge is -2.22. The van der Waals surface area contributed by atoms with Crippen molar-refractivity contribution >= 4 is 33.2 Å². The highest BCUT2D eigenvalue weighted by atomic mass is 32.1. The van der Waals surface area contributed by atoms with Crippen molar-refractivity contribution in [2.75, 3.05) is 23.8 Å². The third-order valence-electron chi connectivity index (χ3n) is 4.74. The van der Waals surface area contributed by atoms with Gasteiger partial charge < -0.3 is 15.5 Å². The fourth-order valence-corrected chi connectivity index (χ4v) is 3.84. The predicted octanol–water partition coefficient (Wildman–Crippen LogP) is 4.33. The molecule has 162 valence electrons. The quantitative estimate of drug-likeness (QED) is 0.586. The Labute approximate surface area is 182 Å². The summed E-state index contributed by atoms with van der Waals surface area (Å²) >= 11 is 1.48. The number of nitrogens with zero attached hydrogens (tertiary/aromatic N) is 4. The zero-order valence-electron chi connectivity index (χ0n) is 18.9. The second-order valence-corrected chi connectivity index (χ2v) is 9.80. The van der Waals surface area contributed by atoms with Crippen LogP contribution in [0.3, 0.4) is 0 Å². The third kappa shape index (κ3) is 5.11. The zero-order chi connectivity index (χ0) is 22.1. The first-order valence-corrected chi connectivity index (χ1v) is 11.1. The van der Waals surface area contributed by atoms with E-state index in [-0.39, 0.29) is 24.0 Å². The van der Waals surface area contributed by atoms with E-state index < -0.39 is 0 Å². The summed E-state index contributed by atoms with van der Waals surface area (Å²) in [5.74, 6) is 0.856. The molecule has 0 radical (unpaired) electrons. The highest BCUT2D eigenvalue weighted by molar-refractivity contribution is 7.20. The molecule has 0 saturated carbocycles. The maximum atomic E-state index is 12.3. The van der Waals surface area contributed by atoms with Gasteiger partial charge in [-0.05, 0) is 41.0 Å². The summed E-state index contributed by atoms with van der Waals surface area (Å²) < 4.78 is 1.85. The third-order valence-corrected chi connectivity index (χ3v) is 5.76. The molecule has 2 aromatic heterocycles. The molecule has 2 heterocycles. The van der Waals surface area contributed by atoms with Crippen LogP contribution in [0.25, 0.3) is 16.2 Å². The summed E-state index contributed by atoms with van der Waals surface area (Å²) in [6.45, 7) is 12.7. The van der Waals surface area contributed by atoms with Gasteiger partial charge in [0, 0.05) is 24.2 Å². The molecular weight excluding hydrogens is 396 g/mol. The number of aryl methyl sites for hydroxylation is 1. The number of carbonyl (C=O) groups is 1. The molecule has 1 aromatic carbocycles. The number of fused-ring (bicyclic) bond motifs is 1. The number of imidazole rings is 1. The second kappa shape index (κ2) is 8.63. The van der Waals surface area contributed by atoms with E-state index in [9.17, 15) is 4.79 Å². The van der Waals surface area contributed by atoms with Crippen molar-refractivity contribution in [3.63, 3.8) is 0 Å². The van der Waals surface area contributed by atoms with Gasteiger partial charge in [0.1, 0.15) is 5.69 Å². The fourth-order valence-electron chi connectivity index (χ4n) is 2.98. The number of rotatable bonds is 7. The topological polar surface area (TPSA) is 74.6 Å². The molecule has 3 rings (SSSR count). The molecule has 0 spiro atoms. The molecule has 0 unspecified atom stereocenters. The minimum absolute atomic E-state index is 0.00641. The van der Waals surface area contributed by atoms with Gasteiger partial charge in [0.2, 0.25) is 16.0 Å². The highest BCUT2D eigenvalue weighted by Crippen LogP contribution is 2.34. The van der Waals surface area contributed by atoms with Crippen molar-refractivity contribution in [2.24, 2.45) is 0 Å². The Balaban J connectivity index is 1.93. The molecule has 7 nitrogen and oxygen atoms in total. The van der Waals surface area contributed by atoms with E-state index in [0.29, 0.717) is 0 Å². The molecule has 8 heteroatoms. The molecule has 2 N–H and O–H groups in total. The van der Waals surface area contributed by atoms with Crippen molar-refractivity contribution in [3.05, 3.63) is 29.8 Å². The van der Waals surface area contributed by atoms with E-state index in [2.05, 4.69) is 69.5 Å². The Kier molecular flexibility index (Phi) is 6.36. The Morgan fingerprint density at radius 1 is 1.27 bits per heavy atom. The predicted molar refractivity (Wildman–Crippen MR) is 126 cm³/mol. The summed E-state index contributed by atoms with van der Waals surface area (Å²) in [4.78, 5) is 19.8. The Morgan fingerprint density at radius 3 is 2.53 bits per heavy atom. The number of hydrogen-bond acceptors (Lipinski definition) is 6. The molecule has 3 aromatic rings. The molecule has 0 aliphatic carbocycles. The van der Waals surface area contributed by atoms with Crippen LogP contribution in [0.5, 0.6) is 0 Å². The molecule has 0 fully saturated rings. The summed E-state index contributed by atoms with van der Waals surface area (Å²) in [5, 5.41) is 12.1. The monoisotopic (exact) mass is 428 g/mol. The lowest BCUT2D eigenvalue weighted by Crippen LogP contribution is -2.39. The average Bonchev–Trinajstić information content (AvgIpc) is 3.20. The molecule has 0 aliphatic heterocycles. The van der Waals surface area contributed by atoms with Crippen LogP contribution in [0.4, 0.5) is 10.9 Å². The largest absolute Gasteiger partial charge is 0.364 e. The van der Waals surface area contributed by atoms with Crippen molar-refractivity contribution in [3.8, 4) is 11.3 Å². The normalized spacial score (nSPS) is 12.8. The summed E-state index contributed by atoms with van der Waals surface area (Å²) in [6.07, 6.45) is 0.907. The van der Waals surface area contributed by atoms with Crippen molar-refractivity contribution in [2.45, 2.75) is 59.5 Å². The van der Waals surface area contributed by atoms with Crippen molar-refractivity contribution in [1.82, 2.24) is 19.9 Å². The number of benzene rings is 1. The van der Waals surface area contributed by atoms with Gasteiger partial charge in [-0.15, -0.1) is 5.10 Å². The number of anilines is 2. The van der Waals surface area contributed by atoms with E-state index in [4.69, 9.17) is 10.1 Å². The van der Waals surface area contributed by atoms with Gasteiger partial charge in [-0.2, -0.15) is 4.52 Å². The maximum absolute atomic E-state index is 12.3. The smallest absolute Gasteiger partial charge is 0.239 e. The van der Waals surface area contributed by atoms with E-state index >= 15 is 0 Å². The fraction of sp³-hybridized carbons (Fsp3) is 0.500. The van der Waals surface area contributed by atoms with Crippen LogP contribution >= 0.6 is 11.3 Å². The Bertz CT molecular complexity index is 1010. The van der Waals surface area contributed by atoms with Gasteiger partial charge in [-0.25, -0.2) is 4.98 Å². The highest BCUT2D eigenvalue weighted by Gasteiger charge is 2.23. The van der Waals surface area contributed by atoms with Gasteiger partial charge in [-0.3, -0.25) is 4.79 Å². The van der Waals surface area contributed by atoms with Crippen LogP contribution in [0.15, 0.2) is 24.3 Å². The SMILES string of the molecule is CC[C@@H](C)NC(=O)CN(C)c1nn2c(NC(C)(C)C)c(-c3ccc(C)cc3)nc2s1. The first-order chi connectivity index (χ1) is 14.1. The second-order valence-electron chi connectivity index (χ2n) is 8.86. The number of amides is 1. The number of carbonyl (C=O) groups excluding carboxylic acids is 1. The van der Waals surface area contributed by atoms with Crippen LogP contribution in [0.2, 0.25) is 0 Å². The van der Waals surface area contributed by atoms with Gasteiger partial charge in [0.05, 0.1) is 6.54 Å². The first kappa shape index (κ1) is 22.1. The number of likely N-dealkylation sites (N-methyl/N-ethyl adjacent to an activating group) is 1. The summed E-state index contributed by atoms with van der Waals surface area (Å²) in [5.41, 5.74) is 2.99. The van der Waals surface area contributed by atoms with E-state index in [1.54, 1.807) is 0 Å². The minimum atomic E-state index is -0.152. The minimum Gasteiger partial charge on any atom is -0.364 e. The van der Waals surface area contributed by atoms with Crippen molar-refractivity contribution < 1.29 is 4.79 Å². The maximum Gasteiger partial charge on any atom is 0.239 e. The van der Waals surface area contributed by atoms with Crippen LogP contribution < -0.4 is 15.5 Å². The Morgan fingerprint density at radius 2 is 1.93 bits per heavy atom. The number of aromatic nitrogens is 3. The number of nitrogens with one attached hydrogen (secondary N) is 2. The molecule has 30 heavy (non-hydrogen) atoms. The molecule has 1 atom stereocenters.